The van der Waals surface area contributed by atoms with Crippen molar-refractivity contribution in [1.29, 1.82) is 0 Å². The molecule has 1 aromatic carbocycles. The van der Waals surface area contributed by atoms with E-state index in [0.29, 0.717) is 24.5 Å². The predicted octanol–water partition coefficient (Wildman–Crippen LogP) is 2.23. The third kappa shape index (κ3) is 4.34. The second-order valence-electron chi connectivity index (χ2n) is 5.69. The second-order valence-corrected chi connectivity index (χ2v) is 5.69. The van der Waals surface area contributed by atoms with Gasteiger partial charge in [0.05, 0.1) is 5.69 Å². The van der Waals surface area contributed by atoms with Crippen molar-refractivity contribution in [3.8, 4) is 0 Å². The van der Waals surface area contributed by atoms with Crippen LogP contribution in [0.1, 0.15) is 28.7 Å². The van der Waals surface area contributed by atoms with Crippen LogP contribution in [0.3, 0.4) is 0 Å². The normalized spacial score (nSPS) is 10.3. The first kappa shape index (κ1) is 17.5. The summed E-state index contributed by atoms with van der Waals surface area (Å²) in [6, 6.07) is 8.96. The van der Waals surface area contributed by atoms with Gasteiger partial charge in [-0.1, -0.05) is 12.1 Å². The first-order chi connectivity index (χ1) is 11.4. The number of aromatic nitrogens is 2. The standard InChI is InChI=1S/C17H23N5O2/c1-5-22-15(9-12(2)20-22)16(23)18-11-13-7-6-8-14(10-13)19-17(24)21(3)4/h6-10H,5,11H2,1-4H3,(H,18,23)(H,19,24). The molecule has 1 aromatic heterocycles. The molecule has 3 amide bonds. The van der Waals surface area contributed by atoms with Crippen LogP contribution in [0.5, 0.6) is 0 Å². The number of amides is 3. The number of carbonyl (C=O) groups excluding carboxylic acids is 2. The lowest BCUT2D eigenvalue weighted by Crippen LogP contribution is -2.27. The molecule has 0 unspecified atom stereocenters. The Labute approximate surface area is 141 Å². The fourth-order valence-corrected chi connectivity index (χ4v) is 2.24. The number of rotatable bonds is 5. The van der Waals surface area contributed by atoms with Crippen LogP contribution in [0, 0.1) is 6.92 Å². The highest BCUT2D eigenvalue weighted by atomic mass is 16.2. The molecule has 2 N–H and O–H groups in total. The van der Waals surface area contributed by atoms with Crippen molar-refractivity contribution >= 4 is 17.6 Å². The van der Waals surface area contributed by atoms with Crippen molar-refractivity contribution in [2.24, 2.45) is 0 Å². The zero-order valence-corrected chi connectivity index (χ0v) is 14.5. The third-order valence-corrected chi connectivity index (χ3v) is 3.47. The van der Waals surface area contributed by atoms with Gasteiger partial charge >= 0.3 is 6.03 Å². The minimum Gasteiger partial charge on any atom is -0.347 e. The molecule has 0 aliphatic rings. The number of hydrogen-bond acceptors (Lipinski definition) is 3. The smallest absolute Gasteiger partial charge is 0.321 e. The Kier molecular flexibility index (Phi) is 5.57. The Morgan fingerprint density at radius 1 is 1.25 bits per heavy atom. The Morgan fingerprint density at radius 3 is 2.67 bits per heavy atom. The molecular weight excluding hydrogens is 306 g/mol. The van der Waals surface area contributed by atoms with E-state index in [0.717, 1.165) is 11.3 Å². The number of anilines is 1. The zero-order chi connectivity index (χ0) is 17.7. The lowest BCUT2D eigenvalue weighted by Gasteiger charge is -2.13. The van der Waals surface area contributed by atoms with Crippen LogP contribution in [0.4, 0.5) is 10.5 Å². The van der Waals surface area contributed by atoms with E-state index in [-0.39, 0.29) is 11.9 Å². The van der Waals surface area contributed by atoms with Crippen LogP contribution in [0.25, 0.3) is 0 Å². The molecule has 0 bridgehead atoms. The number of nitrogens with zero attached hydrogens (tertiary/aromatic N) is 3. The van der Waals surface area contributed by atoms with Crippen LogP contribution in [-0.4, -0.2) is 40.7 Å². The molecule has 1 heterocycles. The summed E-state index contributed by atoms with van der Waals surface area (Å²) in [4.78, 5) is 25.5. The van der Waals surface area contributed by atoms with Gasteiger partial charge in [0.1, 0.15) is 5.69 Å². The van der Waals surface area contributed by atoms with Crippen molar-refractivity contribution < 1.29 is 9.59 Å². The molecule has 2 aromatic rings. The molecule has 0 spiro atoms. The summed E-state index contributed by atoms with van der Waals surface area (Å²) in [6.45, 7) is 4.82. The monoisotopic (exact) mass is 329 g/mol. The summed E-state index contributed by atoms with van der Waals surface area (Å²) < 4.78 is 1.68. The van der Waals surface area contributed by atoms with E-state index in [4.69, 9.17) is 0 Å². The highest BCUT2D eigenvalue weighted by Gasteiger charge is 2.12. The first-order valence-electron chi connectivity index (χ1n) is 7.80. The number of hydrogen-bond donors (Lipinski definition) is 2. The molecule has 0 saturated carbocycles. The molecule has 2 rings (SSSR count). The highest BCUT2D eigenvalue weighted by Crippen LogP contribution is 2.11. The molecule has 0 atom stereocenters. The molecule has 0 radical (unpaired) electrons. The van der Waals surface area contributed by atoms with Crippen LogP contribution in [0.15, 0.2) is 30.3 Å². The molecule has 0 aliphatic heterocycles. The van der Waals surface area contributed by atoms with Gasteiger partial charge in [0.25, 0.3) is 5.91 Å². The number of nitrogens with one attached hydrogen (secondary N) is 2. The zero-order valence-electron chi connectivity index (χ0n) is 14.5. The van der Waals surface area contributed by atoms with E-state index in [1.165, 1.54) is 4.90 Å². The average molecular weight is 329 g/mol. The maximum Gasteiger partial charge on any atom is 0.321 e. The van der Waals surface area contributed by atoms with E-state index in [1.54, 1.807) is 24.8 Å². The van der Waals surface area contributed by atoms with Crippen LogP contribution in [0.2, 0.25) is 0 Å². The fourth-order valence-electron chi connectivity index (χ4n) is 2.24. The maximum absolute atomic E-state index is 12.3. The van der Waals surface area contributed by atoms with Gasteiger partial charge in [-0.3, -0.25) is 9.48 Å². The fraction of sp³-hybridized carbons (Fsp3) is 0.353. The first-order valence-corrected chi connectivity index (χ1v) is 7.80. The van der Waals surface area contributed by atoms with E-state index >= 15 is 0 Å². The minimum atomic E-state index is -0.196. The molecule has 0 aliphatic carbocycles. The summed E-state index contributed by atoms with van der Waals surface area (Å²) in [6.07, 6.45) is 0. The lowest BCUT2D eigenvalue weighted by atomic mass is 10.2. The van der Waals surface area contributed by atoms with Gasteiger partial charge in [-0.25, -0.2) is 4.79 Å². The van der Waals surface area contributed by atoms with Gasteiger partial charge in [0.2, 0.25) is 0 Å². The maximum atomic E-state index is 12.3. The number of benzene rings is 1. The Balaban J connectivity index is 2.01. The summed E-state index contributed by atoms with van der Waals surface area (Å²) >= 11 is 0. The van der Waals surface area contributed by atoms with E-state index < -0.39 is 0 Å². The summed E-state index contributed by atoms with van der Waals surface area (Å²) in [5.41, 5.74) is 2.96. The largest absolute Gasteiger partial charge is 0.347 e. The van der Waals surface area contributed by atoms with Gasteiger partial charge in [-0.05, 0) is 37.6 Å². The summed E-state index contributed by atoms with van der Waals surface area (Å²) in [7, 11) is 3.36. The quantitative estimate of drug-likeness (QED) is 0.883. The SMILES string of the molecule is CCn1nc(C)cc1C(=O)NCc1cccc(NC(=O)N(C)C)c1. The van der Waals surface area contributed by atoms with Crippen molar-refractivity contribution in [3.05, 3.63) is 47.3 Å². The number of urea groups is 1. The van der Waals surface area contributed by atoms with Gasteiger partial charge in [-0.15, -0.1) is 0 Å². The third-order valence-electron chi connectivity index (χ3n) is 3.47. The predicted molar refractivity (Wildman–Crippen MR) is 93.0 cm³/mol. The number of aryl methyl sites for hydroxylation is 2. The van der Waals surface area contributed by atoms with Gasteiger partial charge in [0.15, 0.2) is 0 Å². The van der Waals surface area contributed by atoms with Crippen molar-refractivity contribution in [2.45, 2.75) is 26.9 Å². The molecular formula is C17H23N5O2. The number of carbonyl (C=O) groups is 2. The van der Waals surface area contributed by atoms with E-state index in [1.807, 2.05) is 38.1 Å². The van der Waals surface area contributed by atoms with Gasteiger partial charge in [0, 0.05) is 32.9 Å². The topological polar surface area (TPSA) is 79.3 Å². The molecule has 7 heteroatoms. The van der Waals surface area contributed by atoms with E-state index in [9.17, 15) is 9.59 Å². The minimum absolute atomic E-state index is 0.166. The molecule has 0 fully saturated rings. The second kappa shape index (κ2) is 7.63. The molecule has 0 saturated heterocycles. The highest BCUT2D eigenvalue weighted by molar-refractivity contribution is 5.92. The van der Waals surface area contributed by atoms with Gasteiger partial charge in [-0.2, -0.15) is 5.10 Å². The Bertz CT molecular complexity index is 736. The van der Waals surface area contributed by atoms with Crippen LogP contribution >= 0.6 is 0 Å². The Morgan fingerprint density at radius 2 is 2.00 bits per heavy atom. The van der Waals surface area contributed by atoms with Crippen LogP contribution < -0.4 is 10.6 Å². The van der Waals surface area contributed by atoms with E-state index in [2.05, 4.69) is 15.7 Å². The van der Waals surface area contributed by atoms with Crippen molar-refractivity contribution in [2.75, 3.05) is 19.4 Å². The molecule has 24 heavy (non-hydrogen) atoms. The Hall–Kier alpha value is -2.83. The lowest BCUT2D eigenvalue weighted by molar-refractivity contribution is 0.0940. The van der Waals surface area contributed by atoms with Crippen molar-refractivity contribution in [1.82, 2.24) is 20.0 Å². The van der Waals surface area contributed by atoms with Crippen molar-refractivity contribution in [3.63, 3.8) is 0 Å². The van der Waals surface area contributed by atoms with Crippen LogP contribution in [-0.2, 0) is 13.1 Å². The molecule has 7 nitrogen and oxygen atoms in total. The van der Waals surface area contributed by atoms with Gasteiger partial charge < -0.3 is 15.5 Å². The summed E-state index contributed by atoms with van der Waals surface area (Å²) in [5.74, 6) is -0.166. The average Bonchev–Trinajstić information content (AvgIpc) is 2.94. The summed E-state index contributed by atoms with van der Waals surface area (Å²) in [5, 5.41) is 9.94. The molecule has 128 valence electrons.